The molecule has 1 aliphatic rings. The Morgan fingerprint density at radius 1 is 1.15 bits per heavy atom. The molecule has 5 heteroatoms. The minimum atomic E-state index is 0.269. The molecule has 0 saturated heterocycles. The minimum absolute atomic E-state index is 0.269. The van der Waals surface area contributed by atoms with Gasteiger partial charge in [0, 0.05) is 21.6 Å². The van der Waals surface area contributed by atoms with Gasteiger partial charge in [0.05, 0.1) is 5.69 Å². The van der Waals surface area contributed by atoms with Crippen LogP contribution in [0.1, 0.15) is 17.2 Å². The Kier molecular flexibility index (Phi) is 3.96. The van der Waals surface area contributed by atoms with Crippen LogP contribution in [0, 0.1) is 0 Å². The second-order valence-electron chi connectivity index (χ2n) is 4.53. The Bertz CT molecular complexity index is 640. The summed E-state index contributed by atoms with van der Waals surface area (Å²) in [4.78, 5) is 5.75. The fourth-order valence-electron chi connectivity index (χ4n) is 2.17. The van der Waals surface area contributed by atoms with E-state index in [2.05, 4.69) is 28.6 Å². The number of fused-ring (bicyclic) bond motifs is 1. The number of aliphatic imine (C=N–C) groups is 1. The second kappa shape index (κ2) is 5.87. The lowest BCUT2D eigenvalue weighted by molar-refractivity contribution is 0.918. The van der Waals surface area contributed by atoms with Crippen LogP contribution in [0.5, 0.6) is 0 Å². The van der Waals surface area contributed by atoms with Gasteiger partial charge in [-0.15, -0.1) is 11.8 Å². The monoisotopic (exact) mass is 303 g/mol. The minimum Gasteiger partial charge on any atom is -0.312 e. The summed E-state index contributed by atoms with van der Waals surface area (Å²) in [6, 6.07) is 16.1. The normalized spacial score (nSPS) is 17.9. The van der Waals surface area contributed by atoms with E-state index in [9.17, 15) is 0 Å². The van der Waals surface area contributed by atoms with Gasteiger partial charge in [-0.05, 0) is 29.8 Å². The number of nitrogens with one attached hydrogen (secondary N) is 1. The molecule has 3 nitrogen and oxygen atoms in total. The Morgan fingerprint density at radius 2 is 1.90 bits per heavy atom. The summed E-state index contributed by atoms with van der Waals surface area (Å²) < 4.78 is 0. The van der Waals surface area contributed by atoms with Gasteiger partial charge in [0.15, 0.2) is 0 Å². The van der Waals surface area contributed by atoms with E-state index in [-0.39, 0.29) is 5.25 Å². The number of hydrogen-bond acceptors (Lipinski definition) is 4. The molecule has 0 radical (unpaired) electrons. The van der Waals surface area contributed by atoms with E-state index in [0.29, 0.717) is 0 Å². The van der Waals surface area contributed by atoms with Gasteiger partial charge in [0.2, 0.25) is 0 Å². The number of hydrogen-bond donors (Lipinski definition) is 2. The largest absolute Gasteiger partial charge is 0.312 e. The number of hydrazine groups is 1. The van der Waals surface area contributed by atoms with Gasteiger partial charge in [-0.25, -0.2) is 10.8 Å². The molecule has 0 aromatic heterocycles. The lowest BCUT2D eigenvalue weighted by Crippen LogP contribution is -2.30. The maximum atomic E-state index is 5.96. The van der Waals surface area contributed by atoms with Crippen molar-refractivity contribution in [2.24, 2.45) is 10.8 Å². The van der Waals surface area contributed by atoms with Crippen molar-refractivity contribution in [2.45, 2.75) is 16.6 Å². The summed E-state index contributed by atoms with van der Waals surface area (Å²) in [6.45, 7) is 0. The molecule has 1 heterocycles. The average molecular weight is 304 g/mol. The van der Waals surface area contributed by atoms with E-state index in [1.54, 1.807) is 11.8 Å². The summed E-state index contributed by atoms with van der Waals surface area (Å²) in [7, 11) is 0. The molecule has 2 aromatic carbocycles. The quantitative estimate of drug-likeness (QED) is 0.617. The summed E-state index contributed by atoms with van der Waals surface area (Å²) in [5.74, 6) is 6.38. The third-order valence-electron chi connectivity index (χ3n) is 3.18. The molecule has 102 valence electrons. The summed E-state index contributed by atoms with van der Waals surface area (Å²) in [5, 5.41) is 1.02. The number of nitrogens with two attached hydrogens (primary N) is 1. The Balaban J connectivity index is 1.98. The van der Waals surface area contributed by atoms with Gasteiger partial charge >= 0.3 is 0 Å². The lowest BCUT2D eigenvalue weighted by Gasteiger charge is -2.15. The first-order valence-electron chi connectivity index (χ1n) is 6.31. The lowest BCUT2D eigenvalue weighted by atomic mass is 10.1. The highest BCUT2D eigenvalue weighted by Gasteiger charge is 2.21. The molecule has 1 aliphatic heterocycles. The summed E-state index contributed by atoms with van der Waals surface area (Å²) in [5.41, 5.74) is 4.89. The highest BCUT2D eigenvalue weighted by atomic mass is 35.5. The molecule has 20 heavy (non-hydrogen) atoms. The molecule has 1 atom stereocenters. The van der Waals surface area contributed by atoms with Gasteiger partial charge in [-0.2, -0.15) is 0 Å². The topological polar surface area (TPSA) is 50.4 Å². The first kappa shape index (κ1) is 13.5. The van der Waals surface area contributed by atoms with Crippen LogP contribution >= 0.6 is 23.4 Å². The third-order valence-corrected chi connectivity index (χ3v) is 4.75. The fraction of sp³-hybridized carbons (Fsp3) is 0.133. The van der Waals surface area contributed by atoms with Crippen LogP contribution in [-0.2, 0) is 0 Å². The molecule has 1 unspecified atom stereocenters. The molecule has 3 rings (SSSR count). The molecule has 0 fully saturated rings. The molecule has 0 saturated carbocycles. The summed E-state index contributed by atoms with van der Waals surface area (Å²) in [6.07, 6.45) is 0.761. The van der Waals surface area contributed by atoms with Crippen LogP contribution in [0.3, 0.4) is 0 Å². The first-order chi connectivity index (χ1) is 9.76. The third kappa shape index (κ3) is 2.82. The maximum absolute atomic E-state index is 5.96. The zero-order chi connectivity index (χ0) is 13.9. The van der Waals surface area contributed by atoms with Gasteiger partial charge in [0.1, 0.15) is 5.84 Å². The fourth-order valence-corrected chi connectivity index (χ4v) is 3.52. The van der Waals surface area contributed by atoms with Crippen molar-refractivity contribution in [3.05, 3.63) is 59.1 Å². The number of nitrogens with zero attached hydrogens (tertiary/aromatic N) is 1. The number of amidine groups is 1. The van der Waals surface area contributed by atoms with Crippen LogP contribution < -0.4 is 11.3 Å². The van der Waals surface area contributed by atoms with Crippen LogP contribution in [0.2, 0.25) is 5.02 Å². The SMILES string of the molecule is NNC1=Nc2ccccc2SC(c2ccc(Cl)cc2)C1. The predicted octanol–water partition coefficient (Wildman–Crippen LogP) is 4.07. The van der Waals surface area contributed by atoms with E-state index in [1.165, 1.54) is 5.56 Å². The van der Waals surface area contributed by atoms with Gasteiger partial charge < -0.3 is 5.43 Å². The Labute approximate surface area is 127 Å². The van der Waals surface area contributed by atoms with E-state index >= 15 is 0 Å². The average Bonchev–Trinajstić information content (AvgIpc) is 2.67. The van der Waals surface area contributed by atoms with Crippen molar-refractivity contribution in [3.8, 4) is 0 Å². The smallest absolute Gasteiger partial charge is 0.118 e. The number of benzene rings is 2. The molecule has 0 aliphatic carbocycles. The van der Waals surface area contributed by atoms with Gasteiger partial charge in [0.25, 0.3) is 0 Å². The number of para-hydroxylation sites is 1. The van der Waals surface area contributed by atoms with Crippen molar-refractivity contribution >= 4 is 34.9 Å². The molecule has 3 N–H and O–H groups in total. The summed E-state index contributed by atoms with van der Waals surface area (Å²) >= 11 is 7.76. The van der Waals surface area contributed by atoms with E-state index < -0.39 is 0 Å². The number of rotatable bonds is 1. The first-order valence-corrected chi connectivity index (χ1v) is 7.57. The Hall–Kier alpha value is -1.49. The van der Waals surface area contributed by atoms with Crippen molar-refractivity contribution in [1.82, 2.24) is 5.43 Å². The predicted molar refractivity (Wildman–Crippen MR) is 85.5 cm³/mol. The van der Waals surface area contributed by atoms with Crippen molar-refractivity contribution in [3.63, 3.8) is 0 Å². The highest BCUT2D eigenvalue weighted by molar-refractivity contribution is 7.99. The van der Waals surface area contributed by atoms with Crippen molar-refractivity contribution < 1.29 is 0 Å². The van der Waals surface area contributed by atoms with Gasteiger partial charge in [-0.1, -0.05) is 35.9 Å². The highest BCUT2D eigenvalue weighted by Crippen LogP contribution is 2.44. The van der Waals surface area contributed by atoms with Crippen molar-refractivity contribution in [1.29, 1.82) is 0 Å². The molecule has 0 bridgehead atoms. The van der Waals surface area contributed by atoms with Crippen LogP contribution in [0.25, 0.3) is 0 Å². The molecular formula is C15H14ClN3S. The molecular weight excluding hydrogens is 290 g/mol. The Morgan fingerprint density at radius 3 is 2.65 bits per heavy atom. The maximum Gasteiger partial charge on any atom is 0.118 e. The second-order valence-corrected chi connectivity index (χ2v) is 6.21. The zero-order valence-corrected chi connectivity index (χ0v) is 12.3. The molecule has 0 amide bonds. The molecule has 2 aromatic rings. The van der Waals surface area contributed by atoms with E-state index in [1.807, 2.05) is 30.3 Å². The van der Waals surface area contributed by atoms with Crippen LogP contribution in [-0.4, -0.2) is 5.84 Å². The van der Waals surface area contributed by atoms with Crippen LogP contribution in [0.15, 0.2) is 58.4 Å². The van der Waals surface area contributed by atoms with Gasteiger partial charge in [-0.3, -0.25) is 0 Å². The van der Waals surface area contributed by atoms with E-state index in [4.69, 9.17) is 17.4 Å². The van der Waals surface area contributed by atoms with Crippen molar-refractivity contribution in [2.75, 3.05) is 0 Å². The standard InChI is InChI=1S/C15H14ClN3S/c16-11-7-5-10(6-8-11)14-9-15(19-17)18-12-3-1-2-4-13(12)20-14/h1-8,14H,9,17H2,(H,18,19). The molecule has 0 spiro atoms. The number of thioether (sulfide) groups is 1. The van der Waals surface area contributed by atoms with E-state index in [0.717, 1.165) is 27.9 Å². The van der Waals surface area contributed by atoms with Crippen LogP contribution in [0.4, 0.5) is 5.69 Å². The zero-order valence-electron chi connectivity index (χ0n) is 10.7. The number of halogens is 1.